The summed E-state index contributed by atoms with van der Waals surface area (Å²) in [6.45, 7) is 6.45. The van der Waals surface area contributed by atoms with Gasteiger partial charge in [0.2, 0.25) is 0 Å². The van der Waals surface area contributed by atoms with Gasteiger partial charge in [0.25, 0.3) is 0 Å². The molecule has 2 amide bonds. The average Bonchev–Trinajstić information content (AvgIpc) is 2.85. The predicted molar refractivity (Wildman–Crippen MR) is 104 cm³/mol. The van der Waals surface area contributed by atoms with E-state index in [2.05, 4.69) is 10.4 Å². The van der Waals surface area contributed by atoms with Crippen molar-refractivity contribution in [3.05, 3.63) is 39.5 Å². The Morgan fingerprint density at radius 3 is 2.69 bits per heavy atom. The van der Waals surface area contributed by atoms with Gasteiger partial charge in [-0.1, -0.05) is 23.2 Å². The zero-order chi connectivity index (χ0) is 19.1. The van der Waals surface area contributed by atoms with Crippen LogP contribution in [0.4, 0.5) is 10.6 Å². The van der Waals surface area contributed by atoms with E-state index in [-0.39, 0.29) is 6.03 Å². The molecule has 0 saturated carbocycles. The quantitative estimate of drug-likeness (QED) is 0.799. The van der Waals surface area contributed by atoms with Crippen molar-refractivity contribution in [2.45, 2.75) is 39.2 Å². The first kappa shape index (κ1) is 19.0. The average molecular weight is 397 g/mol. The number of halogens is 2. The second-order valence-corrected chi connectivity index (χ2v) is 7.84. The molecule has 0 spiro atoms. The van der Waals surface area contributed by atoms with E-state index in [0.29, 0.717) is 41.1 Å². The third-order valence-corrected chi connectivity index (χ3v) is 5.43. The number of anilines is 1. The fourth-order valence-electron chi connectivity index (χ4n) is 3.13. The topological polar surface area (TPSA) is 70.4 Å². The van der Waals surface area contributed by atoms with Crippen molar-refractivity contribution in [3.8, 4) is 5.69 Å². The number of piperidine rings is 1. The minimum atomic E-state index is -0.857. The van der Waals surface area contributed by atoms with E-state index in [1.807, 2.05) is 13.8 Å². The molecule has 1 unspecified atom stereocenters. The summed E-state index contributed by atoms with van der Waals surface area (Å²) in [5.41, 5.74) is 1.52. The number of aliphatic hydroxyl groups is 1. The third-order valence-electron chi connectivity index (χ3n) is 4.69. The van der Waals surface area contributed by atoms with Crippen molar-refractivity contribution < 1.29 is 9.90 Å². The van der Waals surface area contributed by atoms with Crippen LogP contribution in [-0.4, -0.2) is 44.5 Å². The number of aromatic nitrogens is 2. The number of aryl methyl sites for hydroxylation is 1. The zero-order valence-electron chi connectivity index (χ0n) is 15.0. The monoisotopic (exact) mass is 396 g/mol. The maximum Gasteiger partial charge on any atom is 0.323 e. The van der Waals surface area contributed by atoms with E-state index in [9.17, 15) is 9.90 Å². The Kier molecular flexibility index (Phi) is 5.19. The van der Waals surface area contributed by atoms with Crippen molar-refractivity contribution in [3.63, 3.8) is 0 Å². The first-order valence-electron chi connectivity index (χ1n) is 8.48. The molecule has 1 aliphatic rings. The maximum atomic E-state index is 12.7. The molecular formula is C18H22Cl2N4O2. The van der Waals surface area contributed by atoms with Gasteiger partial charge in [0.1, 0.15) is 5.82 Å². The van der Waals surface area contributed by atoms with E-state index in [4.69, 9.17) is 23.2 Å². The molecule has 1 aromatic heterocycles. The molecule has 0 bridgehead atoms. The number of nitrogens with zero attached hydrogens (tertiary/aromatic N) is 3. The van der Waals surface area contributed by atoms with Crippen LogP contribution in [0.1, 0.15) is 31.0 Å². The molecule has 26 heavy (non-hydrogen) atoms. The van der Waals surface area contributed by atoms with E-state index >= 15 is 0 Å². The molecule has 1 aromatic carbocycles. The number of β-amino-alcohol motifs (C(OH)–C–C–N with tert-alkyl or cyclic N) is 1. The molecule has 2 heterocycles. The van der Waals surface area contributed by atoms with Gasteiger partial charge in [-0.15, -0.1) is 0 Å². The fourth-order valence-corrected chi connectivity index (χ4v) is 3.42. The van der Waals surface area contributed by atoms with Crippen LogP contribution < -0.4 is 5.32 Å². The van der Waals surface area contributed by atoms with Gasteiger partial charge in [0.05, 0.1) is 33.6 Å². The first-order valence-corrected chi connectivity index (χ1v) is 9.23. The van der Waals surface area contributed by atoms with Crippen molar-refractivity contribution in [2.75, 3.05) is 18.4 Å². The molecule has 0 aliphatic carbocycles. The number of carbonyl (C=O) groups excluding carboxylic acids is 1. The standard InChI is InChI=1S/C18H22Cl2N4O2/c1-11-12(2)22-24(13-5-6-14(19)15(20)9-13)16(11)21-17(25)23-8-4-7-18(3,26)10-23/h5-6,9,26H,4,7-8,10H2,1-3H3,(H,21,25). The molecule has 8 heteroatoms. The summed E-state index contributed by atoms with van der Waals surface area (Å²) in [5, 5.41) is 18.6. The summed E-state index contributed by atoms with van der Waals surface area (Å²) < 4.78 is 1.65. The number of benzene rings is 1. The second kappa shape index (κ2) is 7.10. The second-order valence-electron chi connectivity index (χ2n) is 7.02. The highest BCUT2D eigenvalue weighted by molar-refractivity contribution is 6.42. The minimum Gasteiger partial charge on any atom is -0.388 e. The molecule has 1 aliphatic heterocycles. The van der Waals surface area contributed by atoms with Crippen molar-refractivity contribution in [1.82, 2.24) is 14.7 Å². The molecule has 2 aromatic rings. The summed E-state index contributed by atoms with van der Waals surface area (Å²) in [5.74, 6) is 0.580. The molecule has 140 valence electrons. The Labute approximate surface area is 162 Å². The van der Waals surface area contributed by atoms with E-state index in [1.54, 1.807) is 34.7 Å². The van der Waals surface area contributed by atoms with Gasteiger partial charge in [-0.05, 0) is 51.8 Å². The van der Waals surface area contributed by atoms with Gasteiger partial charge in [0, 0.05) is 12.1 Å². The third kappa shape index (κ3) is 3.82. The lowest BCUT2D eigenvalue weighted by atomic mass is 9.95. The predicted octanol–water partition coefficient (Wildman–Crippen LogP) is 4.17. The Morgan fingerprint density at radius 1 is 1.31 bits per heavy atom. The molecule has 2 N–H and O–H groups in total. The molecule has 3 rings (SSSR count). The lowest BCUT2D eigenvalue weighted by Gasteiger charge is -2.36. The van der Waals surface area contributed by atoms with Crippen LogP contribution >= 0.6 is 23.2 Å². The van der Waals surface area contributed by atoms with Gasteiger partial charge in [-0.25, -0.2) is 9.48 Å². The van der Waals surface area contributed by atoms with Gasteiger partial charge in [-0.2, -0.15) is 5.10 Å². The van der Waals surface area contributed by atoms with Crippen LogP contribution in [-0.2, 0) is 0 Å². The summed E-state index contributed by atoms with van der Waals surface area (Å²) >= 11 is 12.1. The molecule has 1 atom stereocenters. The van der Waals surface area contributed by atoms with Crippen LogP contribution in [0.3, 0.4) is 0 Å². The Morgan fingerprint density at radius 2 is 2.04 bits per heavy atom. The normalized spacial score (nSPS) is 20.3. The molecular weight excluding hydrogens is 375 g/mol. The highest BCUT2D eigenvalue weighted by atomic mass is 35.5. The lowest BCUT2D eigenvalue weighted by molar-refractivity contribution is -0.000652. The van der Waals surface area contributed by atoms with E-state index in [0.717, 1.165) is 17.7 Å². The Balaban J connectivity index is 1.90. The number of carbonyl (C=O) groups is 1. The highest BCUT2D eigenvalue weighted by Crippen LogP contribution is 2.29. The lowest BCUT2D eigenvalue weighted by Crippen LogP contribution is -2.50. The van der Waals surface area contributed by atoms with Crippen molar-refractivity contribution in [1.29, 1.82) is 0 Å². The van der Waals surface area contributed by atoms with Gasteiger partial charge in [-0.3, -0.25) is 5.32 Å². The zero-order valence-corrected chi connectivity index (χ0v) is 16.5. The Hall–Kier alpha value is -1.76. The van der Waals surface area contributed by atoms with E-state index < -0.39 is 5.60 Å². The van der Waals surface area contributed by atoms with E-state index in [1.165, 1.54) is 0 Å². The molecule has 6 nitrogen and oxygen atoms in total. The minimum absolute atomic E-state index is 0.255. The number of amides is 2. The van der Waals surface area contributed by atoms with Crippen LogP contribution in [0.2, 0.25) is 10.0 Å². The smallest absolute Gasteiger partial charge is 0.323 e. The number of urea groups is 1. The number of hydrogen-bond acceptors (Lipinski definition) is 3. The van der Waals surface area contributed by atoms with Gasteiger partial charge >= 0.3 is 6.03 Å². The molecule has 0 radical (unpaired) electrons. The largest absolute Gasteiger partial charge is 0.388 e. The van der Waals surface area contributed by atoms with Gasteiger partial charge < -0.3 is 10.0 Å². The summed E-state index contributed by atoms with van der Waals surface area (Å²) in [7, 11) is 0. The number of nitrogens with one attached hydrogen (secondary N) is 1. The van der Waals surface area contributed by atoms with Crippen LogP contribution in [0, 0.1) is 13.8 Å². The Bertz CT molecular complexity index is 848. The van der Waals surface area contributed by atoms with Crippen LogP contribution in [0.15, 0.2) is 18.2 Å². The maximum absolute atomic E-state index is 12.7. The van der Waals surface area contributed by atoms with Crippen LogP contribution in [0.25, 0.3) is 5.69 Å². The SMILES string of the molecule is Cc1nn(-c2ccc(Cl)c(Cl)c2)c(NC(=O)N2CCCC(C)(O)C2)c1C. The molecule has 1 fully saturated rings. The summed E-state index contributed by atoms with van der Waals surface area (Å²) in [6.07, 6.45) is 1.46. The number of rotatable bonds is 2. The number of hydrogen-bond donors (Lipinski definition) is 2. The van der Waals surface area contributed by atoms with Crippen LogP contribution in [0.5, 0.6) is 0 Å². The first-order chi connectivity index (χ1) is 12.2. The highest BCUT2D eigenvalue weighted by Gasteiger charge is 2.31. The fraction of sp³-hybridized carbons (Fsp3) is 0.444. The van der Waals surface area contributed by atoms with Crippen molar-refractivity contribution in [2.24, 2.45) is 0 Å². The van der Waals surface area contributed by atoms with Crippen molar-refractivity contribution >= 4 is 35.1 Å². The molecule has 1 saturated heterocycles. The number of likely N-dealkylation sites (tertiary alicyclic amines) is 1. The van der Waals surface area contributed by atoms with Gasteiger partial charge in [0.15, 0.2) is 0 Å². The summed E-state index contributed by atoms with van der Waals surface area (Å²) in [6, 6.07) is 4.94. The summed E-state index contributed by atoms with van der Waals surface area (Å²) in [4.78, 5) is 14.4.